The monoisotopic (exact) mass is 349 g/mol. The SMILES string of the molecule is CC1(C)CC1(CNC(=O)c1ccc(Cl)cc1)c1ccc(F)cc1F. The van der Waals surface area contributed by atoms with E-state index < -0.39 is 17.0 Å². The molecular weight excluding hydrogens is 332 g/mol. The van der Waals surface area contributed by atoms with Crippen LogP contribution in [0.4, 0.5) is 8.78 Å². The van der Waals surface area contributed by atoms with Gasteiger partial charge in [-0.3, -0.25) is 4.79 Å². The molecule has 0 radical (unpaired) electrons. The Kier molecular flexibility index (Phi) is 4.12. The lowest BCUT2D eigenvalue weighted by Crippen LogP contribution is -2.35. The zero-order chi connectivity index (χ0) is 17.5. The van der Waals surface area contributed by atoms with Crippen molar-refractivity contribution in [1.29, 1.82) is 0 Å². The van der Waals surface area contributed by atoms with Gasteiger partial charge < -0.3 is 5.32 Å². The van der Waals surface area contributed by atoms with Crippen LogP contribution < -0.4 is 5.32 Å². The number of carbonyl (C=O) groups excluding carboxylic acids is 1. The van der Waals surface area contributed by atoms with E-state index >= 15 is 0 Å². The fourth-order valence-corrected chi connectivity index (χ4v) is 3.51. The molecule has 1 unspecified atom stereocenters. The highest BCUT2D eigenvalue weighted by atomic mass is 35.5. The molecule has 2 nitrogen and oxygen atoms in total. The number of hydrogen-bond donors (Lipinski definition) is 1. The normalized spacial score (nSPS) is 21.4. The Morgan fingerprint density at radius 1 is 1.17 bits per heavy atom. The van der Waals surface area contributed by atoms with Crippen molar-refractivity contribution in [2.75, 3.05) is 6.54 Å². The van der Waals surface area contributed by atoms with E-state index in [0.717, 1.165) is 12.5 Å². The molecule has 1 fully saturated rings. The van der Waals surface area contributed by atoms with E-state index in [1.807, 2.05) is 13.8 Å². The largest absolute Gasteiger partial charge is 0.351 e. The second-order valence-corrected chi connectivity index (χ2v) is 7.39. The summed E-state index contributed by atoms with van der Waals surface area (Å²) in [5.74, 6) is -1.41. The molecule has 1 amide bonds. The minimum Gasteiger partial charge on any atom is -0.351 e. The van der Waals surface area contributed by atoms with Crippen molar-refractivity contribution >= 4 is 17.5 Å². The standard InChI is InChI=1S/C19H18ClF2NO/c1-18(2)10-19(18,15-8-7-14(21)9-16(15)22)11-23-17(24)12-3-5-13(20)6-4-12/h3-9H,10-11H2,1-2H3,(H,23,24). The van der Waals surface area contributed by atoms with Crippen molar-refractivity contribution in [2.45, 2.75) is 25.7 Å². The summed E-state index contributed by atoms with van der Waals surface area (Å²) in [5, 5.41) is 3.43. The van der Waals surface area contributed by atoms with Crippen LogP contribution in [0, 0.1) is 17.0 Å². The lowest BCUT2D eigenvalue weighted by molar-refractivity contribution is 0.0947. The summed E-state index contributed by atoms with van der Waals surface area (Å²) >= 11 is 5.82. The zero-order valence-electron chi connectivity index (χ0n) is 13.5. The van der Waals surface area contributed by atoms with Crippen LogP contribution in [-0.4, -0.2) is 12.5 Å². The maximum Gasteiger partial charge on any atom is 0.251 e. The Morgan fingerprint density at radius 3 is 2.33 bits per heavy atom. The Morgan fingerprint density at radius 2 is 1.79 bits per heavy atom. The molecule has 2 aromatic rings. The van der Waals surface area contributed by atoms with Gasteiger partial charge in [0, 0.05) is 28.6 Å². The molecular formula is C19H18ClF2NO. The average Bonchev–Trinajstić information content (AvgIpc) is 3.08. The van der Waals surface area contributed by atoms with Crippen LogP contribution in [0.1, 0.15) is 36.2 Å². The first-order valence-corrected chi connectivity index (χ1v) is 8.12. The molecule has 1 atom stereocenters. The van der Waals surface area contributed by atoms with Gasteiger partial charge in [-0.1, -0.05) is 31.5 Å². The zero-order valence-corrected chi connectivity index (χ0v) is 14.3. The van der Waals surface area contributed by atoms with Crippen LogP contribution in [0.15, 0.2) is 42.5 Å². The molecule has 0 heterocycles. The summed E-state index contributed by atoms with van der Waals surface area (Å²) in [7, 11) is 0. The van der Waals surface area contributed by atoms with E-state index in [2.05, 4.69) is 5.32 Å². The van der Waals surface area contributed by atoms with Crippen LogP contribution in [0.5, 0.6) is 0 Å². The van der Waals surface area contributed by atoms with E-state index in [1.165, 1.54) is 12.1 Å². The molecule has 0 saturated heterocycles. The molecule has 0 aromatic heterocycles. The smallest absolute Gasteiger partial charge is 0.251 e. The van der Waals surface area contributed by atoms with Crippen molar-refractivity contribution < 1.29 is 13.6 Å². The van der Waals surface area contributed by atoms with Gasteiger partial charge >= 0.3 is 0 Å². The first-order valence-electron chi connectivity index (χ1n) is 7.74. The molecule has 0 bridgehead atoms. The van der Waals surface area contributed by atoms with Gasteiger partial charge in [-0.2, -0.15) is 0 Å². The second-order valence-electron chi connectivity index (χ2n) is 6.96. The van der Waals surface area contributed by atoms with Crippen LogP contribution in [0.25, 0.3) is 0 Å². The minimum atomic E-state index is -0.602. The molecule has 5 heteroatoms. The summed E-state index contributed by atoms with van der Waals surface area (Å²) in [6, 6.07) is 10.2. The quantitative estimate of drug-likeness (QED) is 0.850. The first-order chi connectivity index (χ1) is 11.2. The van der Waals surface area contributed by atoms with Gasteiger partial charge in [0.25, 0.3) is 5.91 Å². The van der Waals surface area contributed by atoms with E-state index in [0.29, 0.717) is 22.7 Å². The van der Waals surface area contributed by atoms with Gasteiger partial charge in [0.1, 0.15) is 11.6 Å². The predicted octanol–water partition coefficient (Wildman–Crippen LogP) is 4.72. The van der Waals surface area contributed by atoms with Gasteiger partial charge in [-0.15, -0.1) is 0 Å². The van der Waals surface area contributed by atoms with Crippen LogP contribution >= 0.6 is 11.6 Å². The van der Waals surface area contributed by atoms with Gasteiger partial charge in [0.15, 0.2) is 0 Å². The highest BCUT2D eigenvalue weighted by Crippen LogP contribution is 2.64. The Balaban J connectivity index is 1.80. The van der Waals surface area contributed by atoms with Crippen molar-refractivity contribution in [2.24, 2.45) is 5.41 Å². The predicted molar refractivity (Wildman–Crippen MR) is 90.2 cm³/mol. The molecule has 2 aromatic carbocycles. The van der Waals surface area contributed by atoms with Gasteiger partial charge in [0.05, 0.1) is 0 Å². The number of amides is 1. The Hall–Kier alpha value is -1.94. The van der Waals surface area contributed by atoms with Gasteiger partial charge in [-0.05, 0) is 47.7 Å². The average molecular weight is 350 g/mol. The number of hydrogen-bond acceptors (Lipinski definition) is 1. The number of rotatable bonds is 4. The highest BCUT2D eigenvalue weighted by molar-refractivity contribution is 6.30. The van der Waals surface area contributed by atoms with Gasteiger partial charge in [-0.25, -0.2) is 8.78 Å². The van der Waals surface area contributed by atoms with E-state index in [4.69, 9.17) is 11.6 Å². The Bertz CT molecular complexity index is 788. The number of benzene rings is 2. The maximum absolute atomic E-state index is 14.3. The number of carbonyl (C=O) groups is 1. The number of nitrogens with one attached hydrogen (secondary N) is 1. The van der Waals surface area contributed by atoms with E-state index in [1.54, 1.807) is 24.3 Å². The van der Waals surface area contributed by atoms with Crippen molar-refractivity contribution in [3.05, 3.63) is 70.2 Å². The van der Waals surface area contributed by atoms with Crippen LogP contribution in [0.2, 0.25) is 5.02 Å². The third kappa shape index (κ3) is 2.91. The third-order valence-corrected chi connectivity index (χ3v) is 5.27. The van der Waals surface area contributed by atoms with Crippen LogP contribution in [0.3, 0.4) is 0 Å². The fraction of sp³-hybridized carbons (Fsp3) is 0.316. The molecule has 1 aliphatic carbocycles. The third-order valence-electron chi connectivity index (χ3n) is 5.02. The molecule has 3 rings (SSSR count). The number of halogens is 3. The Labute approximate surface area is 144 Å². The highest BCUT2D eigenvalue weighted by Gasteiger charge is 2.62. The van der Waals surface area contributed by atoms with Crippen LogP contribution in [-0.2, 0) is 5.41 Å². The summed E-state index contributed by atoms with van der Waals surface area (Å²) in [6.07, 6.45) is 0.726. The molecule has 24 heavy (non-hydrogen) atoms. The summed E-state index contributed by atoms with van der Waals surface area (Å²) in [5.41, 5.74) is 0.254. The topological polar surface area (TPSA) is 29.1 Å². The van der Waals surface area contributed by atoms with Gasteiger partial charge in [0.2, 0.25) is 0 Å². The molecule has 126 valence electrons. The lowest BCUT2D eigenvalue weighted by atomic mass is 9.87. The summed E-state index contributed by atoms with van der Waals surface area (Å²) in [4.78, 5) is 12.3. The van der Waals surface area contributed by atoms with Crippen molar-refractivity contribution in [3.8, 4) is 0 Å². The molecule has 1 saturated carbocycles. The molecule has 0 aliphatic heterocycles. The first kappa shape index (κ1) is 16.9. The van der Waals surface area contributed by atoms with E-state index in [9.17, 15) is 13.6 Å². The van der Waals surface area contributed by atoms with Crippen molar-refractivity contribution in [1.82, 2.24) is 5.32 Å². The fourth-order valence-electron chi connectivity index (χ4n) is 3.38. The molecule has 1 aliphatic rings. The van der Waals surface area contributed by atoms with E-state index in [-0.39, 0.29) is 11.3 Å². The van der Waals surface area contributed by atoms with Crippen molar-refractivity contribution in [3.63, 3.8) is 0 Å². The minimum absolute atomic E-state index is 0.168. The second kappa shape index (κ2) is 5.85. The lowest BCUT2D eigenvalue weighted by Gasteiger charge is -2.22. The molecule has 1 N–H and O–H groups in total. The molecule has 0 spiro atoms. The maximum atomic E-state index is 14.3. The summed E-state index contributed by atoms with van der Waals surface area (Å²) in [6.45, 7) is 4.33. The summed E-state index contributed by atoms with van der Waals surface area (Å²) < 4.78 is 27.5.